The van der Waals surface area contributed by atoms with Gasteiger partial charge in [-0.1, -0.05) is 31.1 Å². The molecule has 0 radical (unpaired) electrons. The fraction of sp³-hybridized carbons (Fsp3) is 0.467. The standard InChI is InChI=1S/C15H19FN2O2/c1-10(2)15(19)18(3)9-13-8-14(17-20-13)11-4-6-12(16)7-5-11/h4-7,10,13H,8-9H2,1-3H3. The van der Waals surface area contributed by atoms with E-state index in [4.69, 9.17) is 4.84 Å². The normalized spacial score (nSPS) is 17.9. The Morgan fingerprint density at radius 3 is 2.70 bits per heavy atom. The summed E-state index contributed by atoms with van der Waals surface area (Å²) in [6.45, 7) is 4.24. The van der Waals surface area contributed by atoms with Gasteiger partial charge in [0.25, 0.3) is 0 Å². The van der Waals surface area contributed by atoms with E-state index >= 15 is 0 Å². The first-order valence-corrected chi connectivity index (χ1v) is 6.71. The number of hydrogen-bond acceptors (Lipinski definition) is 3. The van der Waals surface area contributed by atoms with Gasteiger partial charge in [-0.25, -0.2) is 4.39 Å². The lowest BCUT2D eigenvalue weighted by atomic mass is 10.0. The third-order valence-electron chi connectivity index (χ3n) is 3.26. The highest BCUT2D eigenvalue weighted by molar-refractivity contribution is 6.01. The second-order valence-electron chi connectivity index (χ2n) is 5.35. The third kappa shape index (κ3) is 3.35. The number of benzene rings is 1. The molecule has 20 heavy (non-hydrogen) atoms. The first-order chi connectivity index (χ1) is 9.47. The summed E-state index contributed by atoms with van der Waals surface area (Å²) in [4.78, 5) is 18.8. The van der Waals surface area contributed by atoms with Crippen molar-refractivity contribution >= 4 is 11.6 Å². The Morgan fingerprint density at radius 1 is 1.45 bits per heavy atom. The van der Waals surface area contributed by atoms with E-state index in [1.165, 1.54) is 12.1 Å². The van der Waals surface area contributed by atoms with E-state index < -0.39 is 0 Å². The predicted molar refractivity (Wildman–Crippen MR) is 74.9 cm³/mol. The van der Waals surface area contributed by atoms with Crippen molar-refractivity contribution in [3.8, 4) is 0 Å². The fourth-order valence-electron chi connectivity index (χ4n) is 2.18. The van der Waals surface area contributed by atoms with Gasteiger partial charge in [0.2, 0.25) is 5.91 Å². The molecule has 0 fully saturated rings. The smallest absolute Gasteiger partial charge is 0.224 e. The Bertz CT molecular complexity index is 511. The van der Waals surface area contributed by atoms with Gasteiger partial charge in [-0.05, 0) is 17.7 Å². The SMILES string of the molecule is CC(C)C(=O)N(C)CC1CC(c2ccc(F)cc2)=NO1. The first-order valence-electron chi connectivity index (χ1n) is 6.71. The van der Waals surface area contributed by atoms with Crippen LogP contribution in [0.5, 0.6) is 0 Å². The Balaban J connectivity index is 1.91. The van der Waals surface area contributed by atoms with Crippen LogP contribution in [-0.2, 0) is 9.63 Å². The minimum absolute atomic E-state index is 0.0288. The number of carbonyl (C=O) groups excluding carboxylic acids is 1. The van der Waals surface area contributed by atoms with Crippen LogP contribution in [0.4, 0.5) is 4.39 Å². The van der Waals surface area contributed by atoms with Crippen molar-refractivity contribution in [3.63, 3.8) is 0 Å². The Hall–Kier alpha value is -1.91. The van der Waals surface area contributed by atoms with Crippen LogP contribution in [0.1, 0.15) is 25.8 Å². The molecular weight excluding hydrogens is 259 g/mol. The van der Waals surface area contributed by atoms with Crippen molar-refractivity contribution in [3.05, 3.63) is 35.6 Å². The van der Waals surface area contributed by atoms with Gasteiger partial charge in [0.1, 0.15) is 5.82 Å². The van der Waals surface area contributed by atoms with Crippen molar-refractivity contribution in [1.29, 1.82) is 0 Å². The second kappa shape index (κ2) is 6.03. The van der Waals surface area contributed by atoms with Crippen LogP contribution in [0, 0.1) is 11.7 Å². The van der Waals surface area contributed by atoms with Crippen molar-refractivity contribution in [1.82, 2.24) is 4.90 Å². The summed E-state index contributed by atoms with van der Waals surface area (Å²) in [7, 11) is 1.77. The number of likely N-dealkylation sites (N-methyl/N-ethyl adjacent to an activating group) is 1. The zero-order valence-electron chi connectivity index (χ0n) is 12.0. The molecule has 1 aromatic carbocycles. The monoisotopic (exact) mass is 278 g/mol. The highest BCUT2D eigenvalue weighted by Crippen LogP contribution is 2.18. The Kier molecular flexibility index (Phi) is 4.37. The van der Waals surface area contributed by atoms with Crippen LogP contribution < -0.4 is 0 Å². The lowest BCUT2D eigenvalue weighted by Crippen LogP contribution is -2.36. The van der Waals surface area contributed by atoms with Gasteiger partial charge >= 0.3 is 0 Å². The molecule has 1 aliphatic heterocycles. The van der Waals surface area contributed by atoms with Crippen molar-refractivity contribution in [2.45, 2.75) is 26.4 Å². The highest BCUT2D eigenvalue weighted by atomic mass is 19.1. The zero-order valence-corrected chi connectivity index (χ0v) is 12.0. The molecule has 1 amide bonds. The van der Waals surface area contributed by atoms with E-state index in [1.807, 2.05) is 13.8 Å². The van der Waals surface area contributed by atoms with E-state index in [2.05, 4.69) is 5.16 Å². The topological polar surface area (TPSA) is 41.9 Å². The molecule has 5 heteroatoms. The molecule has 0 N–H and O–H groups in total. The molecule has 4 nitrogen and oxygen atoms in total. The van der Waals surface area contributed by atoms with Crippen LogP contribution in [-0.4, -0.2) is 36.2 Å². The van der Waals surface area contributed by atoms with Gasteiger partial charge in [-0.2, -0.15) is 0 Å². The van der Waals surface area contributed by atoms with Crippen LogP contribution in [0.3, 0.4) is 0 Å². The third-order valence-corrected chi connectivity index (χ3v) is 3.26. The number of hydrogen-bond donors (Lipinski definition) is 0. The highest BCUT2D eigenvalue weighted by Gasteiger charge is 2.25. The number of oxime groups is 1. The van der Waals surface area contributed by atoms with E-state index in [1.54, 1.807) is 24.1 Å². The van der Waals surface area contributed by atoms with E-state index in [0.717, 1.165) is 11.3 Å². The Morgan fingerprint density at radius 2 is 2.10 bits per heavy atom. The summed E-state index contributed by atoms with van der Waals surface area (Å²) in [5.74, 6) is -0.213. The zero-order chi connectivity index (χ0) is 14.7. The van der Waals surface area contributed by atoms with E-state index in [9.17, 15) is 9.18 Å². The molecule has 1 aliphatic rings. The van der Waals surface area contributed by atoms with E-state index in [0.29, 0.717) is 13.0 Å². The molecule has 0 aliphatic carbocycles. The molecule has 0 saturated heterocycles. The van der Waals surface area contributed by atoms with E-state index in [-0.39, 0.29) is 23.7 Å². The Labute approximate surface area is 118 Å². The van der Waals surface area contributed by atoms with Crippen LogP contribution in [0.25, 0.3) is 0 Å². The summed E-state index contributed by atoms with van der Waals surface area (Å²) in [5, 5.41) is 4.03. The minimum atomic E-state index is -0.271. The van der Waals surface area contributed by atoms with Gasteiger partial charge < -0.3 is 9.74 Å². The summed E-state index contributed by atoms with van der Waals surface area (Å²) >= 11 is 0. The number of nitrogens with zero attached hydrogens (tertiary/aromatic N) is 2. The maximum Gasteiger partial charge on any atom is 0.224 e. The number of carbonyl (C=O) groups is 1. The summed E-state index contributed by atoms with van der Waals surface area (Å²) in [6, 6.07) is 6.17. The summed E-state index contributed by atoms with van der Waals surface area (Å²) in [6.07, 6.45) is 0.490. The minimum Gasteiger partial charge on any atom is -0.390 e. The molecule has 1 aromatic rings. The lowest BCUT2D eigenvalue weighted by molar-refractivity contribution is -0.134. The molecule has 1 heterocycles. The van der Waals surface area contributed by atoms with Gasteiger partial charge in [-0.3, -0.25) is 4.79 Å². The molecule has 1 atom stereocenters. The number of amides is 1. The summed E-state index contributed by atoms with van der Waals surface area (Å²) < 4.78 is 12.9. The second-order valence-corrected chi connectivity index (χ2v) is 5.35. The first kappa shape index (κ1) is 14.5. The van der Waals surface area contributed by atoms with Crippen molar-refractivity contribution < 1.29 is 14.0 Å². The predicted octanol–water partition coefficient (Wildman–Crippen LogP) is 2.43. The van der Waals surface area contributed by atoms with Crippen LogP contribution >= 0.6 is 0 Å². The van der Waals surface area contributed by atoms with Crippen LogP contribution in [0.15, 0.2) is 29.4 Å². The quantitative estimate of drug-likeness (QED) is 0.849. The molecular formula is C15H19FN2O2. The molecule has 0 aromatic heterocycles. The summed E-state index contributed by atoms with van der Waals surface area (Å²) in [5.41, 5.74) is 1.65. The molecule has 0 bridgehead atoms. The largest absolute Gasteiger partial charge is 0.390 e. The lowest BCUT2D eigenvalue weighted by Gasteiger charge is -2.21. The van der Waals surface area contributed by atoms with Crippen molar-refractivity contribution in [2.75, 3.05) is 13.6 Å². The number of rotatable bonds is 4. The maximum absolute atomic E-state index is 12.9. The van der Waals surface area contributed by atoms with Crippen molar-refractivity contribution in [2.24, 2.45) is 11.1 Å². The maximum atomic E-state index is 12.9. The van der Waals surface area contributed by atoms with Gasteiger partial charge in [0.05, 0.1) is 12.3 Å². The molecule has 0 saturated carbocycles. The average Bonchev–Trinajstić information content (AvgIpc) is 2.87. The van der Waals surface area contributed by atoms with Gasteiger partial charge in [0.15, 0.2) is 6.10 Å². The molecule has 0 spiro atoms. The molecule has 1 unspecified atom stereocenters. The molecule has 2 rings (SSSR count). The average molecular weight is 278 g/mol. The molecule has 108 valence electrons. The fourth-order valence-corrected chi connectivity index (χ4v) is 2.18. The number of halogens is 1. The van der Waals surface area contributed by atoms with Gasteiger partial charge in [0, 0.05) is 19.4 Å². The van der Waals surface area contributed by atoms with Gasteiger partial charge in [-0.15, -0.1) is 0 Å². The van der Waals surface area contributed by atoms with Crippen LogP contribution in [0.2, 0.25) is 0 Å².